The fraction of sp³-hybridized carbons (Fsp3) is 0. The van der Waals surface area contributed by atoms with Gasteiger partial charge in [0.25, 0.3) is 0 Å². The van der Waals surface area contributed by atoms with Gasteiger partial charge in [-0.25, -0.2) is 0 Å². The van der Waals surface area contributed by atoms with Gasteiger partial charge < -0.3 is 0 Å². The third-order valence-corrected chi connectivity index (χ3v) is 14.8. The quantitative estimate of drug-likeness (QED) is 0.115. The molecule has 14 aromatic carbocycles. The first kappa shape index (κ1) is 40.0. The van der Waals surface area contributed by atoms with E-state index in [-0.39, 0.29) is 0 Å². The lowest BCUT2D eigenvalue weighted by atomic mass is 9.85. The van der Waals surface area contributed by atoms with E-state index in [1.807, 2.05) is 0 Å². The van der Waals surface area contributed by atoms with Crippen LogP contribution < -0.4 is 0 Å². The van der Waals surface area contributed by atoms with Crippen LogP contribution in [0.15, 0.2) is 267 Å². The topological polar surface area (TPSA) is 0 Å². The van der Waals surface area contributed by atoms with Crippen molar-refractivity contribution in [3.05, 3.63) is 267 Å². The summed E-state index contributed by atoms with van der Waals surface area (Å²) in [7, 11) is 0. The van der Waals surface area contributed by atoms with Crippen molar-refractivity contribution >= 4 is 75.4 Å². The maximum atomic E-state index is 2.40. The highest BCUT2D eigenvalue weighted by Crippen LogP contribution is 2.46. The monoisotopic (exact) mass is 884 g/mol. The minimum Gasteiger partial charge on any atom is -0.0622 e. The second-order valence-corrected chi connectivity index (χ2v) is 18.6. The molecule has 0 amide bonds. The van der Waals surface area contributed by atoms with Crippen molar-refractivity contribution in [1.82, 2.24) is 0 Å². The van der Waals surface area contributed by atoms with E-state index >= 15 is 0 Å². The van der Waals surface area contributed by atoms with Gasteiger partial charge in [-0.3, -0.25) is 0 Å². The molecule has 70 heavy (non-hydrogen) atoms. The van der Waals surface area contributed by atoms with Gasteiger partial charge in [-0.05, 0) is 154 Å². The summed E-state index contributed by atoms with van der Waals surface area (Å²) in [5.74, 6) is 0. The standard InChI is InChI=1S/C70H44/c1-3-17-47(18-4-1)67-57-23-9-13-27-61(57)69(62-28-14-10-24-58(62)67)49-35-31-45(32-36-49)51-39-41-55-56-42-40-52(44-66(56)54-22-8-7-21-53(54)65(55)43-51)46-33-37-50(38-34-46)70-63-29-15-11-25-59(63)68(48-19-5-2-6-20-48)60-26-12-16-30-64(60)70/h1-44H. The van der Waals surface area contributed by atoms with Gasteiger partial charge in [0.1, 0.15) is 0 Å². The Kier molecular flexibility index (Phi) is 9.32. The SMILES string of the molecule is c1ccc(-c2c3ccccc3c(-c3ccc(-c4ccc5c6ccc(-c7ccc(-c8c9ccccc9c(-c9ccccc9)c9ccccc89)cc7)cc6c6ccccc6c5c4)cc3)c3ccccc23)cc1. The van der Waals surface area contributed by atoms with E-state index in [1.54, 1.807) is 0 Å². The molecule has 324 valence electrons. The summed E-state index contributed by atoms with van der Waals surface area (Å²) in [5, 5.41) is 17.8. The molecule has 0 bridgehead atoms. The Hall–Kier alpha value is -9.10. The molecular weight excluding hydrogens is 841 g/mol. The largest absolute Gasteiger partial charge is 0.0622 e. The van der Waals surface area contributed by atoms with Crippen molar-refractivity contribution in [3.8, 4) is 66.8 Å². The summed E-state index contributed by atoms with van der Waals surface area (Å²) in [6.07, 6.45) is 0. The van der Waals surface area contributed by atoms with E-state index in [2.05, 4.69) is 267 Å². The second-order valence-electron chi connectivity index (χ2n) is 18.6. The molecule has 0 aliphatic heterocycles. The van der Waals surface area contributed by atoms with Crippen LogP contribution in [0, 0.1) is 0 Å². The van der Waals surface area contributed by atoms with Crippen LogP contribution in [0.3, 0.4) is 0 Å². The first-order chi connectivity index (χ1) is 34.7. The number of hydrogen-bond donors (Lipinski definition) is 0. The fourth-order valence-corrected chi connectivity index (χ4v) is 11.7. The van der Waals surface area contributed by atoms with Gasteiger partial charge in [0, 0.05) is 0 Å². The highest BCUT2D eigenvalue weighted by atomic mass is 14.2. The molecule has 0 nitrogen and oxygen atoms in total. The van der Waals surface area contributed by atoms with Crippen molar-refractivity contribution in [2.75, 3.05) is 0 Å². The molecule has 14 aromatic rings. The molecule has 0 aliphatic rings. The predicted molar refractivity (Wildman–Crippen MR) is 302 cm³/mol. The van der Waals surface area contributed by atoms with E-state index in [0.717, 1.165) is 0 Å². The molecule has 0 aliphatic carbocycles. The van der Waals surface area contributed by atoms with Gasteiger partial charge in [0.05, 0.1) is 0 Å². The Morgan fingerprint density at radius 2 is 0.314 bits per heavy atom. The molecule has 0 atom stereocenters. The van der Waals surface area contributed by atoms with Crippen molar-refractivity contribution in [2.24, 2.45) is 0 Å². The highest BCUT2D eigenvalue weighted by Gasteiger charge is 2.19. The van der Waals surface area contributed by atoms with Crippen LogP contribution in [0.4, 0.5) is 0 Å². The third-order valence-electron chi connectivity index (χ3n) is 14.8. The highest BCUT2D eigenvalue weighted by molar-refractivity contribution is 6.27. The molecule has 0 unspecified atom stereocenters. The first-order valence-corrected chi connectivity index (χ1v) is 24.3. The number of rotatable bonds is 6. The Bertz CT molecular complexity index is 3940. The molecule has 0 fully saturated rings. The molecule has 0 aromatic heterocycles. The van der Waals surface area contributed by atoms with E-state index in [9.17, 15) is 0 Å². The Balaban J connectivity index is 0.840. The van der Waals surface area contributed by atoms with Gasteiger partial charge in [-0.15, -0.1) is 0 Å². The maximum absolute atomic E-state index is 2.40. The summed E-state index contributed by atoms with van der Waals surface area (Å²) in [5.41, 5.74) is 14.9. The molecule has 0 heteroatoms. The summed E-state index contributed by atoms with van der Waals surface area (Å²) in [6.45, 7) is 0. The van der Waals surface area contributed by atoms with Crippen LogP contribution in [-0.2, 0) is 0 Å². The summed E-state index contributed by atoms with van der Waals surface area (Å²) >= 11 is 0. The Morgan fingerprint density at radius 1 is 0.114 bits per heavy atom. The minimum absolute atomic E-state index is 1.20. The van der Waals surface area contributed by atoms with Crippen molar-refractivity contribution in [1.29, 1.82) is 0 Å². The lowest BCUT2D eigenvalue weighted by Crippen LogP contribution is -1.91. The van der Waals surface area contributed by atoms with Crippen molar-refractivity contribution < 1.29 is 0 Å². The van der Waals surface area contributed by atoms with Crippen LogP contribution in [-0.4, -0.2) is 0 Å². The molecule has 14 rings (SSSR count). The number of fused-ring (bicyclic) bond motifs is 10. The predicted octanol–water partition coefficient (Wildman–Crippen LogP) is 19.8. The summed E-state index contributed by atoms with van der Waals surface area (Å²) in [6, 6.07) is 98.7. The molecule has 0 spiro atoms. The van der Waals surface area contributed by atoms with Gasteiger partial charge >= 0.3 is 0 Å². The van der Waals surface area contributed by atoms with Crippen LogP contribution in [0.1, 0.15) is 0 Å². The van der Waals surface area contributed by atoms with Crippen molar-refractivity contribution in [3.63, 3.8) is 0 Å². The van der Waals surface area contributed by atoms with Gasteiger partial charge in [-0.1, -0.05) is 255 Å². The maximum Gasteiger partial charge on any atom is -0.00264 e. The molecule has 0 saturated heterocycles. The van der Waals surface area contributed by atoms with E-state index in [1.165, 1.54) is 142 Å². The number of benzene rings is 14. The second kappa shape index (κ2) is 16.3. The molecule has 0 radical (unpaired) electrons. The minimum atomic E-state index is 1.20. The normalized spacial score (nSPS) is 11.7. The smallest absolute Gasteiger partial charge is 0.00264 e. The van der Waals surface area contributed by atoms with E-state index < -0.39 is 0 Å². The molecular formula is C70H44. The Labute approximate surface area is 407 Å². The molecule has 0 heterocycles. The Morgan fingerprint density at radius 3 is 0.600 bits per heavy atom. The van der Waals surface area contributed by atoms with Crippen LogP contribution in [0.25, 0.3) is 142 Å². The average molecular weight is 885 g/mol. The number of hydrogen-bond acceptors (Lipinski definition) is 0. The summed E-state index contributed by atoms with van der Waals surface area (Å²) in [4.78, 5) is 0. The van der Waals surface area contributed by atoms with Gasteiger partial charge in [0.2, 0.25) is 0 Å². The van der Waals surface area contributed by atoms with E-state index in [4.69, 9.17) is 0 Å². The van der Waals surface area contributed by atoms with Crippen LogP contribution in [0.5, 0.6) is 0 Å². The third kappa shape index (κ3) is 6.38. The lowest BCUT2D eigenvalue weighted by Gasteiger charge is -2.18. The zero-order valence-corrected chi connectivity index (χ0v) is 38.4. The average Bonchev–Trinajstić information content (AvgIpc) is 3.44. The first-order valence-electron chi connectivity index (χ1n) is 24.3. The van der Waals surface area contributed by atoms with Gasteiger partial charge in [-0.2, -0.15) is 0 Å². The zero-order valence-electron chi connectivity index (χ0n) is 38.4. The van der Waals surface area contributed by atoms with Gasteiger partial charge in [0.15, 0.2) is 0 Å². The fourth-order valence-electron chi connectivity index (χ4n) is 11.7. The van der Waals surface area contributed by atoms with Crippen LogP contribution in [0.2, 0.25) is 0 Å². The summed E-state index contributed by atoms with van der Waals surface area (Å²) < 4.78 is 0. The zero-order chi connectivity index (χ0) is 46.1. The van der Waals surface area contributed by atoms with Crippen LogP contribution >= 0.6 is 0 Å². The molecule has 0 saturated carbocycles. The molecule has 0 N–H and O–H groups in total. The van der Waals surface area contributed by atoms with Crippen molar-refractivity contribution in [2.45, 2.75) is 0 Å². The lowest BCUT2D eigenvalue weighted by molar-refractivity contribution is 1.62. The van der Waals surface area contributed by atoms with E-state index in [0.29, 0.717) is 0 Å².